The number of nitro benzene ring substituents is 1. The Bertz CT molecular complexity index is 842. The van der Waals surface area contributed by atoms with E-state index < -0.39 is 43.6 Å². The van der Waals surface area contributed by atoms with E-state index in [1.807, 2.05) is 0 Å². The fraction of sp³-hybridized carbons (Fsp3) is 0.500. The van der Waals surface area contributed by atoms with Crippen LogP contribution in [0, 0.1) is 10.1 Å². The average molecular weight is 400 g/mol. The van der Waals surface area contributed by atoms with Crippen LogP contribution in [0.1, 0.15) is 33.6 Å². The summed E-state index contributed by atoms with van der Waals surface area (Å²) in [5.74, 6) is -1.10. The summed E-state index contributed by atoms with van der Waals surface area (Å²) in [5, 5.41) is 10.6. The maximum absolute atomic E-state index is 12.3. The van der Waals surface area contributed by atoms with E-state index in [-0.39, 0.29) is 18.7 Å². The van der Waals surface area contributed by atoms with Crippen LogP contribution >= 0.6 is 0 Å². The molecular weight excluding hydrogens is 380 g/mol. The van der Waals surface area contributed by atoms with E-state index in [9.17, 15) is 28.1 Å². The summed E-state index contributed by atoms with van der Waals surface area (Å²) in [4.78, 5) is 35.2. The number of rotatable bonds is 4. The summed E-state index contributed by atoms with van der Waals surface area (Å²) >= 11 is 0. The first kappa shape index (κ1) is 20.6. The number of hydrogen-bond acceptors (Lipinski definition) is 8. The molecule has 10 nitrogen and oxygen atoms in total. The average Bonchev–Trinajstić information content (AvgIpc) is 3.03. The lowest BCUT2D eigenvalue weighted by molar-refractivity contribution is -0.384. The minimum Gasteiger partial charge on any atom is -0.444 e. The minimum absolute atomic E-state index is 0.242. The van der Waals surface area contributed by atoms with E-state index in [0.29, 0.717) is 6.42 Å². The number of carbonyl (C=O) groups excluding carboxylic acids is 2. The zero-order valence-electron chi connectivity index (χ0n) is 15.1. The Morgan fingerprint density at radius 3 is 2.33 bits per heavy atom. The zero-order valence-corrected chi connectivity index (χ0v) is 15.9. The van der Waals surface area contributed by atoms with E-state index in [2.05, 4.69) is 4.18 Å². The molecule has 1 aromatic rings. The van der Waals surface area contributed by atoms with Gasteiger partial charge in [0.05, 0.1) is 4.92 Å². The van der Waals surface area contributed by atoms with Crippen molar-refractivity contribution >= 4 is 27.9 Å². The highest BCUT2D eigenvalue weighted by molar-refractivity contribution is 7.87. The van der Waals surface area contributed by atoms with Crippen molar-refractivity contribution in [1.29, 1.82) is 0 Å². The van der Waals surface area contributed by atoms with E-state index in [1.54, 1.807) is 20.8 Å². The molecule has 0 N–H and O–H groups in total. The van der Waals surface area contributed by atoms with E-state index in [4.69, 9.17) is 4.74 Å². The Kier molecular flexibility index (Phi) is 5.73. The van der Waals surface area contributed by atoms with Gasteiger partial charge in [-0.2, -0.15) is 8.42 Å². The SMILES string of the molecule is CC(C)(C)OC(=O)N1CCC[C@H]1C(=O)OS(=O)(=O)c1ccc([N+](=O)[O-])cc1. The largest absolute Gasteiger partial charge is 0.444 e. The Balaban J connectivity index is 2.12. The first-order chi connectivity index (χ1) is 12.4. The number of amides is 1. The molecule has 0 spiro atoms. The highest BCUT2D eigenvalue weighted by Crippen LogP contribution is 2.24. The second-order valence-electron chi connectivity index (χ2n) is 6.94. The van der Waals surface area contributed by atoms with Crippen molar-refractivity contribution in [2.45, 2.75) is 50.2 Å². The molecule has 0 radical (unpaired) electrons. The third-order valence-electron chi connectivity index (χ3n) is 3.68. The second kappa shape index (κ2) is 7.51. The highest BCUT2D eigenvalue weighted by Gasteiger charge is 2.39. The fourth-order valence-corrected chi connectivity index (χ4v) is 3.39. The van der Waals surface area contributed by atoms with Crippen molar-refractivity contribution in [2.24, 2.45) is 0 Å². The third kappa shape index (κ3) is 5.16. The molecule has 0 aromatic heterocycles. The van der Waals surface area contributed by atoms with Gasteiger partial charge in [0.15, 0.2) is 0 Å². The lowest BCUT2D eigenvalue weighted by Gasteiger charge is -2.27. The van der Waals surface area contributed by atoms with Crippen molar-refractivity contribution in [1.82, 2.24) is 4.90 Å². The first-order valence-corrected chi connectivity index (χ1v) is 9.54. The lowest BCUT2D eigenvalue weighted by atomic mass is 10.2. The van der Waals surface area contributed by atoms with Crippen LogP contribution in [0.25, 0.3) is 0 Å². The number of nitrogens with zero attached hydrogens (tertiary/aromatic N) is 2. The van der Waals surface area contributed by atoms with Gasteiger partial charge in [0, 0.05) is 18.7 Å². The van der Waals surface area contributed by atoms with E-state index in [0.717, 1.165) is 29.2 Å². The van der Waals surface area contributed by atoms with Gasteiger partial charge in [-0.25, -0.2) is 9.59 Å². The number of likely N-dealkylation sites (tertiary alicyclic amines) is 1. The van der Waals surface area contributed by atoms with Crippen LogP contribution in [-0.4, -0.2) is 48.5 Å². The Hall–Kier alpha value is -2.69. The molecule has 0 bridgehead atoms. The Morgan fingerprint density at radius 1 is 1.22 bits per heavy atom. The summed E-state index contributed by atoms with van der Waals surface area (Å²) in [7, 11) is -4.47. The molecule has 1 fully saturated rings. The van der Waals surface area contributed by atoms with Crippen molar-refractivity contribution in [3.63, 3.8) is 0 Å². The van der Waals surface area contributed by atoms with Gasteiger partial charge in [0.1, 0.15) is 16.5 Å². The Morgan fingerprint density at radius 2 is 1.81 bits per heavy atom. The standard InChI is InChI=1S/C16H20N2O8S/c1-16(2,3)25-15(20)17-10-4-5-13(17)14(19)26-27(23,24)12-8-6-11(7-9-12)18(21)22/h6-9,13H,4-5,10H2,1-3H3/t13-/m0/s1. The molecule has 1 saturated heterocycles. The molecule has 1 atom stereocenters. The molecule has 2 rings (SSSR count). The van der Waals surface area contributed by atoms with Crippen LogP contribution in [0.15, 0.2) is 29.2 Å². The quantitative estimate of drug-likeness (QED) is 0.427. The van der Waals surface area contributed by atoms with Crippen LogP contribution in [0.4, 0.5) is 10.5 Å². The molecule has 27 heavy (non-hydrogen) atoms. The summed E-state index contributed by atoms with van der Waals surface area (Å²) in [6.45, 7) is 5.26. The molecule has 1 heterocycles. The van der Waals surface area contributed by atoms with Crippen LogP contribution in [0.3, 0.4) is 0 Å². The number of benzene rings is 1. The van der Waals surface area contributed by atoms with Gasteiger partial charge in [0.2, 0.25) is 0 Å². The predicted octanol–water partition coefficient (Wildman–Crippen LogP) is 2.23. The number of nitro groups is 1. The van der Waals surface area contributed by atoms with Crippen molar-refractivity contribution in [3.05, 3.63) is 34.4 Å². The number of non-ortho nitro benzene ring substituents is 1. The molecule has 11 heteroatoms. The van der Waals surface area contributed by atoms with Gasteiger partial charge in [-0.05, 0) is 45.7 Å². The highest BCUT2D eigenvalue weighted by atomic mass is 32.2. The zero-order chi connectivity index (χ0) is 20.4. The van der Waals surface area contributed by atoms with Gasteiger partial charge in [0.25, 0.3) is 5.69 Å². The molecule has 1 aliphatic heterocycles. The predicted molar refractivity (Wildman–Crippen MR) is 92.3 cm³/mol. The van der Waals surface area contributed by atoms with Crippen LogP contribution in [0.2, 0.25) is 0 Å². The molecule has 148 valence electrons. The maximum atomic E-state index is 12.3. The summed E-state index contributed by atoms with van der Waals surface area (Å²) in [6, 6.07) is 2.85. The topological polar surface area (TPSA) is 133 Å². The number of carbonyl (C=O) groups is 2. The molecule has 1 aromatic carbocycles. The molecule has 0 aliphatic carbocycles. The fourth-order valence-electron chi connectivity index (χ4n) is 2.50. The molecular formula is C16H20N2O8S. The van der Waals surface area contributed by atoms with E-state index in [1.165, 1.54) is 0 Å². The normalized spacial score (nSPS) is 17.4. The Labute approximate surface area is 156 Å². The minimum atomic E-state index is -4.47. The lowest BCUT2D eigenvalue weighted by Crippen LogP contribution is -2.44. The summed E-state index contributed by atoms with van der Waals surface area (Å²) in [6.07, 6.45) is 0.0134. The molecule has 0 unspecified atom stereocenters. The number of ether oxygens (including phenoxy) is 1. The van der Waals surface area contributed by atoms with Crippen molar-refractivity contribution in [2.75, 3.05) is 6.54 Å². The molecule has 1 aliphatic rings. The van der Waals surface area contributed by atoms with Gasteiger partial charge in [-0.15, -0.1) is 0 Å². The molecule has 1 amide bonds. The maximum Gasteiger partial charge on any atom is 0.411 e. The smallest absolute Gasteiger partial charge is 0.411 e. The van der Waals surface area contributed by atoms with Gasteiger partial charge >= 0.3 is 22.2 Å². The van der Waals surface area contributed by atoms with Crippen molar-refractivity contribution in [3.8, 4) is 0 Å². The van der Waals surface area contributed by atoms with Crippen LogP contribution < -0.4 is 0 Å². The van der Waals surface area contributed by atoms with E-state index >= 15 is 0 Å². The molecule has 0 saturated carbocycles. The second-order valence-corrected chi connectivity index (χ2v) is 8.49. The monoisotopic (exact) mass is 400 g/mol. The van der Waals surface area contributed by atoms with Crippen LogP contribution in [0.5, 0.6) is 0 Å². The third-order valence-corrected chi connectivity index (χ3v) is 4.91. The van der Waals surface area contributed by atoms with Gasteiger partial charge in [-0.3, -0.25) is 15.0 Å². The van der Waals surface area contributed by atoms with Gasteiger partial charge < -0.3 is 8.92 Å². The first-order valence-electron chi connectivity index (χ1n) is 8.13. The summed E-state index contributed by atoms with van der Waals surface area (Å²) < 4.78 is 34.3. The number of hydrogen-bond donors (Lipinski definition) is 0. The van der Waals surface area contributed by atoms with Crippen LogP contribution in [-0.2, 0) is 23.8 Å². The van der Waals surface area contributed by atoms with Gasteiger partial charge in [-0.1, -0.05) is 0 Å². The summed E-state index contributed by atoms with van der Waals surface area (Å²) in [5.41, 5.74) is -1.06. The van der Waals surface area contributed by atoms with Crippen molar-refractivity contribution < 1.29 is 31.9 Å².